The van der Waals surface area contributed by atoms with Crippen LogP contribution in [0.15, 0.2) is 41.1 Å². The van der Waals surface area contributed by atoms with Crippen molar-refractivity contribution < 1.29 is 23.1 Å². The van der Waals surface area contributed by atoms with E-state index in [0.717, 1.165) is 10.9 Å². The molecule has 1 N–H and O–H groups in total. The minimum absolute atomic E-state index is 0.477. The molecule has 7 heteroatoms. The van der Waals surface area contributed by atoms with Gasteiger partial charge in [0.2, 0.25) is 0 Å². The maximum Gasteiger partial charge on any atom is 0.339 e. The molecule has 0 saturated heterocycles. The van der Waals surface area contributed by atoms with Gasteiger partial charge in [0.15, 0.2) is 0 Å². The number of halogens is 2. The Morgan fingerprint density at radius 2 is 2.15 bits per heavy atom. The summed E-state index contributed by atoms with van der Waals surface area (Å²) >= 11 is 0. The molecule has 0 bridgehead atoms. The number of carboxylic acids is 1. The molecule has 2 heterocycles. The molecule has 0 spiro atoms. The van der Waals surface area contributed by atoms with E-state index in [0.29, 0.717) is 16.7 Å². The number of benzene rings is 1. The lowest BCUT2D eigenvalue weighted by Gasteiger charge is -2.02. The Morgan fingerprint density at radius 3 is 2.80 bits per heavy atom. The molecule has 3 aromatic rings. The van der Waals surface area contributed by atoms with Gasteiger partial charge >= 0.3 is 5.97 Å². The molecule has 0 aliphatic rings. The summed E-state index contributed by atoms with van der Waals surface area (Å²) in [6.45, 7) is 0. The lowest BCUT2D eigenvalue weighted by atomic mass is 10.2. The normalized spacial score (nSPS) is 11.3. The summed E-state index contributed by atoms with van der Waals surface area (Å²) in [6, 6.07) is 6.69. The van der Waals surface area contributed by atoms with Crippen molar-refractivity contribution in [1.29, 1.82) is 0 Å². The predicted molar refractivity (Wildman–Crippen MR) is 65.3 cm³/mol. The van der Waals surface area contributed by atoms with E-state index < -0.39 is 23.7 Å². The number of nitrogens with zero attached hydrogens (tertiary/aromatic N) is 2. The predicted octanol–water partition coefficient (Wildman–Crippen LogP) is 3.25. The van der Waals surface area contributed by atoms with Crippen molar-refractivity contribution in [3.05, 3.63) is 48.0 Å². The van der Waals surface area contributed by atoms with Crippen molar-refractivity contribution in [1.82, 2.24) is 9.78 Å². The Labute approximate surface area is 111 Å². The zero-order valence-electron chi connectivity index (χ0n) is 9.96. The maximum atomic E-state index is 12.8. The van der Waals surface area contributed by atoms with Gasteiger partial charge in [0.05, 0.1) is 12.0 Å². The first kappa shape index (κ1) is 12.3. The molecule has 20 heavy (non-hydrogen) atoms. The number of fused-ring (bicyclic) bond motifs is 1. The molecule has 0 aliphatic carbocycles. The summed E-state index contributed by atoms with van der Waals surface area (Å²) in [7, 11) is 0. The van der Waals surface area contributed by atoms with Gasteiger partial charge in [0, 0.05) is 11.6 Å². The number of furan rings is 1. The highest BCUT2D eigenvalue weighted by Crippen LogP contribution is 2.26. The Bertz CT molecular complexity index is 792. The van der Waals surface area contributed by atoms with Crippen molar-refractivity contribution in [3.8, 4) is 5.69 Å². The van der Waals surface area contributed by atoms with Gasteiger partial charge in [-0.15, -0.1) is 0 Å². The summed E-state index contributed by atoms with van der Waals surface area (Å²) < 4.78 is 32.0. The third kappa shape index (κ3) is 1.83. The smallest absolute Gasteiger partial charge is 0.339 e. The van der Waals surface area contributed by atoms with E-state index in [4.69, 9.17) is 9.52 Å². The van der Waals surface area contributed by atoms with E-state index in [1.54, 1.807) is 24.3 Å². The van der Waals surface area contributed by atoms with Crippen LogP contribution in [-0.2, 0) is 0 Å². The summed E-state index contributed by atoms with van der Waals surface area (Å²) in [4.78, 5) is 11.0. The van der Waals surface area contributed by atoms with Crippen molar-refractivity contribution >= 4 is 16.9 Å². The lowest BCUT2D eigenvalue weighted by molar-refractivity contribution is 0.0684. The molecule has 2 aromatic heterocycles. The topological polar surface area (TPSA) is 68.3 Å². The van der Waals surface area contributed by atoms with Crippen molar-refractivity contribution in [3.63, 3.8) is 0 Å². The molecule has 0 aliphatic heterocycles. The standard InChI is InChI=1S/C13H8F2N2O3/c14-12(15)11-8(13(18)19)6-17(16-11)9-2-1-3-10-7(9)4-5-20-10/h1-6,12H,(H,18,19). The zero-order valence-corrected chi connectivity index (χ0v) is 9.96. The number of rotatable bonds is 3. The molecule has 3 rings (SSSR count). The van der Waals surface area contributed by atoms with Gasteiger partial charge in [-0.25, -0.2) is 18.3 Å². The molecule has 1 aromatic carbocycles. The number of hydrogen-bond donors (Lipinski definition) is 1. The van der Waals surface area contributed by atoms with Gasteiger partial charge in [0.25, 0.3) is 6.43 Å². The van der Waals surface area contributed by atoms with Gasteiger partial charge in [-0.3, -0.25) is 0 Å². The third-order valence-corrected chi connectivity index (χ3v) is 2.90. The van der Waals surface area contributed by atoms with Crippen LogP contribution in [0.4, 0.5) is 8.78 Å². The molecule has 0 saturated carbocycles. The van der Waals surface area contributed by atoms with Gasteiger partial charge in [0.1, 0.15) is 16.8 Å². The lowest BCUT2D eigenvalue weighted by Crippen LogP contribution is -2.00. The largest absolute Gasteiger partial charge is 0.478 e. The second kappa shape index (κ2) is 4.44. The van der Waals surface area contributed by atoms with Crippen LogP contribution < -0.4 is 0 Å². The summed E-state index contributed by atoms with van der Waals surface area (Å²) in [5.41, 5.74) is -0.224. The summed E-state index contributed by atoms with van der Waals surface area (Å²) in [5, 5.41) is 13.3. The molecule has 0 unspecified atom stereocenters. The van der Waals surface area contributed by atoms with Crippen LogP contribution in [0.3, 0.4) is 0 Å². The van der Waals surface area contributed by atoms with Crippen LogP contribution in [0.25, 0.3) is 16.7 Å². The molecule has 0 amide bonds. The Balaban J connectivity index is 2.22. The minimum atomic E-state index is -2.95. The Morgan fingerprint density at radius 1 is 1.35 bits per heavy atom. The van der Waals surface area contributed by atoms with E-state index in [2.05, 4.69) is 5.10 Å². The van der Waals surface area contributed by atoms with E-state index >= 15 is 0 Å². The number of hydrogen-bond acceptors (Lipinski definition) is 3. The number of aromatic carboxylic acids is 1. The number of alkyl halides is 2. The first-order chi connectivity index (χ1) is 9.58. The van der Waals surface area contributed by atoms with Crippen molar-refractivity contribution in [2.75, 3.05) is 0 Å². The van der Waals surface area contributed by atoms with Gasteiger partial charge in [-0.1, -0.05) is 6.07 Å². The first-order valence-corrected chi connectivity index (χ1v) is 5.65. The molecular weight excluding hydrogens is 270 g/mol. The second-order valence-corrected chi connectivity index (χ2v) is 4.09. The van der Waals surface area contributed by atoms with Gasteiger partial charge in [-0.2, -0.15) is 5.10 Å². The summed E-state index contributed by atoms with van der Waals surface area (Å²) in [5.74, 6) is -1.44. The molecule has 0 fully saturated rings. The third-order valence-electron chi connectivity index (χ3n) is 2.90. The average molecular weight is 278 g/mol. The van der Waals surface area contributed by atoms with E-state index in [9.17, 15) is 13.6 Å². The van der Waals surface area contributed by atoms with Crippen molar-refractivity contribution in [2.45, 2.75) is 6.43 Å². The van der Waals surface area contributed by atoms with Crippen LogP contribution in [0, 0.1) is 0 Å². The van der Waals surface area contributed by atoms with Crippen LogP contribution in [0.1, 0.15) is 22.5 Å². The van der Waals surface area contributed by atoms with Crippen LogP contribution >= 0.6 is 0 Å². The summed E-state index contributed by atoms with van der Waals surface area (Å²) in [6.07, 6.45) is -0.416. The van der Waals surface area contributed by atoms with Crippen molar-refractivity contribution in [2.24, 2.45) is 0 Å². The van der Waals surface area contributed by atoms with E-state index in [1.807, 2.05) is 0 Å². The fraction of sp³-hybridized carbons (Fsp3) is 0.0769. The number of carboxylic acid groups (broad SMARTS) is 1. The van der Waals surface area contributed by atoms with Gasteiger partial charge in [-0.05, 0) is 18.2 Å². The van der Waals surface area contributed by atoms with E-state index in [1.165, 1.54) is 6.26 Å². The van der Waals surface area contributed by atoms with Crippen LogP contribution in [0.5, 0.6) is 0 Å². The molecule has 0 atom stereocenters. The Hall–Kier alpha value is -2.70. The van der Waals surface area contributed by atoms with E-state index in [-0.39, 0.29) is 0 Å². The molecule has 102 valence electrons. The molecule has 5 nitrogen and oxygen atoms in total. The highest BCUT2D eigenvalue weighted by atomic mass is 19.3. The SMILES string of the molecule is O=C(O)c1cn(-c2cccc3occc23)nc1C(F)F. The highest BCUT2D eigenvalue weighted by Gasteiger charge is 2.23. The molecular formula is C13H8F2N2O3. The maximum absolute atomic E-state index is 12.8. The minimum Gasteiger partial charge on any atom is -0.478 e. The average Bonchev–Trinajstić information content (AvgIpc) is 3.04. The number of carbonyl (C=O) groups is 1. The molecule has 0 radical (unpaired) electrons. The van der Waals surface area contributed by atoms with Crippen LogP contribution in [-0.4, -0.2) is 20.9 Å². The second-order valence-electron chi connectivity index (χ2n) is 4.09. The monoisotopic (exact) mass is 278 g/mol. The first-order valence-electron chi connectivity index (χ1n) is 5.65. The Kier molecular flexibility index (Phi) is 2.74. The fourth-order valence-corrected chi connectivity index (χ4v) is 2.01. The zero-order chi connectivity index (χ0) is 14.3. The number of aromatic nitrogens is 2. The highest BCUT2D eigenvalue weighted by molar-refractivity contribution is 5.90. The van der Waals surface area contributed by atoms with Crippen LogP contribution in [0.2, 0.25) is 0 Å². The fourth-order valence-electron chi connectivity index (χ4n) is 2.01. The quantitative estimate of drug-likeness (QED) is 0.798. The van der Waals surface area contributed by atoms with Gasteiger partial charge < -0.3 is 9.52 Å².